The zero-order valence-corrected chi connectivity index (χ0v) is 42.7. The number of imide groups is 1. The molecule has 1 saturated carbocycles. The predicted octanol–water partition coefficient (Wildman–Crippen LogP) is 4.01. The molecular formula is C49H69ClN6O13S. The molecule has 19 nitrogen and oxygen atoms in total. The Morgan fingerprint density at radius 2 is 1.86 bits per heavy atom. The number of carbonyl (C=O) groups is 7. The van der Waals surface area contributed by atoms with Crippen LogP contribution in [-0.4, -0.2) is 150 Å². The molecule has 6 rings (SSSR count). The van der Waals surface area contributed by atoms with Crippen LogP contribution in [0.4, 0.5) is 10.5 Å². The number of likely N-dealkylation sites (N-methyl/N-ethyl adjacent to an activating group) is 1. The van der Waals surface area contributed by atoms with E-state index in [9.17, 15) is 38.7 Å². The Morgan fingerprint density at radius 1 is 1.13 bits per heavy atom. The van der Waals surface area contributed by atoms with E-state index in [1.165, 1.54) is 42.8 Å². The van der Waals surface area contributed by atoms with Crippen molar-refractivity contribution < 1.29 is 62.4 Å². The quantitative estimate of drug-likeness (QED) is 0.0720. The molecule has 70 heavy (non-hydrogen) atoms. The molecule has 386 valence electrons. The standard InChI is InChI=1S/C49H69ClN6O13S/c1-27-10-8-11-37(66-7)49(64)25-35(67-47(63)54-49)28(2)43-48(4,69-43)38(24-40(58)53-33-21-31(20-27)22-34(65-6)42(33)50)68-46(62)29(3)55(5)44(60)32-14-12-30(13-15-32)26-52-39(57)16-18-56-41(59)23-36(45(56)61)70-19-9-17-51/h8,10-11,21-22,28-30,32,35-38,43,64H,9,12-20,23-26,51H2,1-7H3,(H,52,57)(H,53,58)(H,54,63)/b11-8+,27-10+/t28-,29-,30-,32-,35+,36?,37-,38+,43+,48+,49+/m1/s1. The average molecular weight is 1020 g/mol. The first kappa shape index (κ1) is 54.6. The number of anilines is 1. The van der Waals surface area contributed by atoms with Gasteiger partial charge in [-0.25, -0.2) is 9.59 Å². The summed E-state index contributed by atoms with van der Waals surface area (Å²) in [4.78, 5) is 95.5. The molecule has 6 N–H and O–H groups in total. The number of amides is 6. The monoisotopic (exact) mass is 1020 g/mol. The third-order valence-corrected chi connectivity index (χ3v) is 15.9. The summed E-state index contributed by atoms with van der Waals surface area (Å²) in [6, 6.07) is 2.42. The molecule has 6 amide bonds. The third kappa shape index (κ3) is 13.0. The number of carbonyl (C=O) groups excluding carboxylic acids is 7. The zero-order valence-electron chi connectivity index (χ0n) is 41.1. The molecule has 0 aromatic heterocycles. The molecule has 5 aliphatic rings. The summed E-state index contributed by atoms with van der Waals surface area (Å²) in [5, 5.41) is 19.9. The first-order chi connectivity index (χ1) is 33.2. The van der Waals surface area contributed by atoms with Crippen LogP contribution in [-0.2, 0) is 54.1 Å². The smallest absolute Gasteiger partial charge is 0.409 e. The average Bonchev–Trinajstić information content (AvgIpc) is 3.95. The molecule has 4 heterocycles. The second-order valence-electron chi connectivity index (χ2n) is 19.3. The Balaban J connectivity index is 1.09. The number of methoxy groups -OCH3 is 2. The Hall–Kier alpha value is -4.73. The van der Waals surface area contributed by atoms with Crippen LogP contribution < -0.4 is 26.4 Å². The highest BCUT2D eigenvalue weighted by molar-refractivity contribution is 8.00. The summed E-state index contributed by atoms with van der Waals surface area (Å²) < 4.78 is 29.4. The summed E-state index contributed by atoms with van der Waals surface area (Å²) in [7, 11) is 4.42. The minimum Gasteiger partial charge on any atom is -0.495 e. The Bertz CT molecular complexity index is 2210. The summed E-state index contributed by atoms with van der Waals surface area (Å²) >= 11 is 8.13. The van der Waals surface area contributed by atoms with Crippen molar-refractivity contribution in [3.8, 4) is 5.75 Å². The van der Waals surface area contributed by atoms with Crippen LogP contribution in [0.3, 0.4) is 0 Å². The van der Waals surface area contributed by atoms with Crippen molar-refractivity contribution in [2.24, 2.45) is 23.5 Å². The molecule has 4 bridgehead atoms. The zero-order chi connectivity index (χ0) is 51.1. The molecule has 4 fully saturated rings. The van der Waals surface area contributed by atoms with Gasteiger partial charge in [-0.1, -0.05) is 42.3 Å². The van der Waals surface area contributed by atoms with Crippen LogP contribution in [0.5, 0.6) is 5.75 Å². The van der Waals surface area contributed by atoms with E-state index < -0.39 is 70.9 Å². The lowest BCUT2D eigenvalue weighted by Gasteiger charge is -2.42. The van der Waals surface area contributed by atoms with Gasteiger partial charge in [-0.05, 0) is 95.2 Å². The van der Waals surface area contributed by atoms with Gasteiger partial charge in [0.1, 0.15) is 40.7 Å². The van der Waals surface area contributed by atoms with Gasteiger partial charge in [-0.15, -0.1) is 11.8 Å². The van der Waals surface area contributed by atoms with Crippen LogP contribution in [0.15, 0.2) is 35.9 Å². The minimum absolute atomic E-state index is 0.00122. The number of epoxide rings is 1. The fourth-order valence-electron chi connectivity index (χ4n) is 9.78. The maximum atomic E-state index is 14.1. The van der Waals surface area contributed by atoms with Crippen molar-refractivity contribution in [1.82, 2.24) is 20.4 Å². The fraction of sp³-hybridized carbons (Fsp3) is 0.653. The summed E-state index contributed by atoms with van der Waals surface area (Å²) in [6.07, 6.45) is 3.77. The van der Waals surface area contributed by atoms with Crippen LogP contribution in [0.25, 0.3) is 0 Å². The summed E-state index contributed by atoms with van der Waals surface area (Å²) in [6.45, 7) is 7.85. The van der Waals surface area contributed by atoms with Crippen molar-refractivity contribution >= 4 is 70.6 Å². The van der Waals surface area contributed by atoms with Gasteiger partial charge in [-0.3, -0.25) is 34.2 Å². The molecule has 1 aromatic carbocycles. The van der Waals surface area contributed by atoms with Crippen molar-refractivity contribution in [3.63, 3.8) is 0 Å². The van der Waals surface area contributed by atoms with E-state index in [1.807, 2.05) is 13.0 Å². The van der Waals surface area contributed by atoms with E-state index in [-0.39, 0.29) is 78.4 Å². The van der Waals surface area contributed by atoms with Crippen LogP contribution in [0.1, 0.15) is 91.0 Å². The van der Waals surface area contributed by atoms with Gasteiger partial charge in [0.2, 0.25) is 29.5 Å². The van der Waals surface area contributed by atoms with E-state index in [2.05, 4.69) is 16.0 Å². The van der Waals surface area contributed by atoms with Crippen LogP contribution in [0, 0.1) is 17.8 Å². The highest BCUT2D eigenvalue weighted by atomic mass is 35.5. The molecule has 4 aliphatic heterocycles. The molecule has 21 heteroatoms. The van der Waals surface area contributed by atoms with Gasteiger partial charge >= 0.3 is 12.1 Å². The summed E-state index contributed by atoms with van der Waals surface area (Å²) in [5.74, 6) is -2.20. The number of benzene rings is 1. The van der Waals surface area contributed by atoms with Gasteiger partial charge in [0, 0.05) is 58.3 Å². The van der Waals surface area contributed by atoms with Gasteiger partial charge in [0.05, 0.1) is 30.6 Å². The Morgan fingerprint density at radius 3 is 2.54 bits per heavy atom. The molecule has 1 aromatic rings. The van der Waals surface area contributed by atoms with Crippen molar-refractivity contribution in [2.75, 3.05) is 52.0 Å². The lowest BCUT2D eigenvalue weighted by Crippen LogP contribution is -2.63. The number of alkyl carbamates (subject to hydrolysis) is 1. The van der Waals surface area contributed by atoms with Crippen LogP contribution >= 0.6 is 23.4 Å². The van der Waals surface area contributed by atoms with E-state index in [0.29, 0.717) is 56.7 Å². The SMILES string of the molecule is COc1cc2cc(c1Cl)NC(=O)C[C@H](OC(=O)[C@@H](C)N(C)C(=O)[C@H]1CC[C@H](CNC(=O)CCN3C(=O)CC(SCCCN)C3=O)CC1)[C@]1(C)O[C@H]1[C@H](C)[C@@H]1C[C@@](O)(NC(=O)O1)[C@H](OC)/C=C/C=C(\C)C2. The van der Waals surface area contributed by atoms with Gasteiger partial charge in [0.25, 0.3) is 0 Å². The third-order valence-electron chi connectivity index (χ3n) is 14.3. The normalized spacial score (nSPS) is 32.0. The highest BCUT2D eigenvalue weighted by Crippen LogP contribution is 2.49. The number of fused-ring (bicyclic) bond motifs is 5. The maximum absolute atomic E-state index is 14.1. The van der Waals surface area contributed by atoms with E-state index in [0.717, 1.165) is 17.6 Å². The number of rotatable bonds is 15. The van der Waals surface area contributed by atoms with Gasteiger partial charge < -0.3 is 50.1 Å². The van der Waals surface area contributed by atoms with E-state index in [4.69, 9.17) is 41.0 Å². The topological polar surface area (TPSA) is 258 Å². The van der Waals surface area contributed by atoms with E-state index in [1.54, 1.807) is 45.1 Å². The van der Waals surface area contributed by atoms with Crippen molar-refractivity contribution in [2.45, 2.75) is 139 Å². The van der Waals surface area contributed by atoms with Crippen molar-refractivity contribution in [3.05, 3.63) is 46.5 Å². The molecule has 9 atom stereocenters. The largest absolute Gasteiger partial charge is 0.495 e. The highest BCUT2D eigenvalue weighted by Gasteiger charge is 2.64. The lowest BCUT2D eigenvalue weighted by atomic mass is 9.81. The van der Waals surface area contributed by atoms with Gasteiger partial charge in [0.15, 0.2) is 5.72 Å². The predicted molar refractivity (Wildman–Crippen MR) is 261 cm³/mol. The van der Waals surface area contributed by atoms with E-state index >= 15 is 0 Å². The molecule has 3 saturated heterocycles. The van der Waals surface area contributed by atoms with Crippen LogP contribution in [0.2, 0.25) is 5.02 Å². The number of esters is 1. The number of ether oxygens (including phenoxy) is 5. The van der Waals surface area contributed by atoms with Gasteiger partial charge in [-0.2, -0.15) is 0 Å². The first-order valence-electron chi connectivity index (χ1n) is 24.0. The Labute approximate surface area is 418 Å². The number of hydrogen-bond acceptors (Lipinski definition) is 15. The number of nitrogens with one attached hydrogen (secondary N) is 3. The maximum Gasteiger partial charge on any atom is 0.409 e. The second-order valence-corrected chi connectivity index (χ2v) is 21.0. The number of thioether (sulfide) groups is 1. The van der Waals surface area contributed by atoms with Crippen molar-refractivity contribution in [1.29, 1.82) is 0 Å². The lowest BCUT2D eigenvalue weighted by molar-refractivity contribution is -0.163. The molecular weight excluding hydrogens is 948 g/mol. The minimum atomic E-state index is -1.86. The fourth-order valence-corrected chi connectivity index (χ4v) is 11.2. The number of halogens is 1. The number of nitrogens with zero attached hydrogens (tertiary/aromatic N) is 2. The number of allylic oxidation sites excluding steroid dienone is 3. The Kier molecular flexibility index (Phi) is 18.5. The molecule has 1 aliphatic carbocycles. The first-order valence-corrected chi connectivity index (χ1v) is 25.5. The molecule has 1 unspecified atom stereocenters. The number of hydrogen-bond donors (Lipinski definition) is 5. The summed E-state index contributed by atoms with van der Waals surface area (Å²) in [5.41, 5.74) is 4.34. The number of aliphatic hydroxyl groups is 1. The second kappa shape index (κ2) is 23.7. The number of likely N-dealkylation sites (tertiary alicyclic amines) is 1. The number of nitrogens with two attached hydrogens (primary N) is 1. The molecule has 0 radical (unpaired) electrons. The molecule has 0 spiro atoms.